The van der Waals surface area contributed by atoms with E-state index in [1.165, 1.54) is 18.3 Å². The van der Waals surface area contributed by atoms with Gasteiger partial charge in [0.25, 0.3) is 5.91 Å². The Bertz CT molecular complexity index is 1120. The van der Waals surface area contributed by atoms with Gasteiger partial charge in [-0.05, 0) is 42.0 Å². The van der Waals surface area contributed by atoms with E-state index in [1.54, 1.807) is 6.07 Å². The molecule has 0 spiro atoms. The fourth-order valence-corrected chi connectivity index (χ4v) is 3.59. The predicted octanol–water partition coefficient (Wildman–Crippen LogP) is 2.94. The molecule has 1 fully saturated rings. The molecule has 33 heavy (non-hydrogen) atoms. The number of hydrogen-bond acceptors (Lipinski definition) is 7. The van der Waals surface area contributed by atoms with Crippen molar-refractivity contribution in [2.24, 2.45) is 11.5 Å². The molecule has 2 heterocycles. The van der Waals surface area contributed by atoms with E-state index in [-0.39, 0.29) is 18.3 Å². The number of pyridine rings is 1. The van der Waals surface area contributed by atoms with E-state index in [4.69, 9.17) is 16.2 Å². The highest BCUT2D eigenvalue weighted by Crippen LogP contribution is 2.25. The van der Waals surface area contributed by atoms with Crippen molar-refractivity contribution in [2.45, 2.75) is 12.8 Å². The molecule has 2 aromatic carbocycles. The summed E-state index contributed by atoms with van der Waals surface area (Å²) in [7, 11) is 0. The highest BCUT2D eigenvalue weighted by Gasteiger charge is 2.17. The molecule has 6 N–H and O–H groups in total. The Balaban J connectivity index is 1.48. The molecule has 1 aliphatic rings. The first-order valence-electron chi connectivity index (χ1n) is 10.4. The second kappa shape index (κ2) is 9.80. The predicted molar refractivity (Wildman–Crippen MR) is 122 cm³/mol. The fraction of sp³-hybridized carbons (Fsp3) is 0.217. The van der Waals surface area contributed by atoms with Gasteiger partial charge in [0.2, 0.25) is 0 Å². The summed E-state index contributed by atoms with van der Waals surface area (Å²) in [4.78, 5) is 18.2. The molecule has 1 amide bonds. The van der Waals surface area contributed by atoms with Gasteiger partial charge in [-0.1, -0.05) is 0 Å². The zero-order valence-corrected chi connectivity index (χ0v) is 17.7. The summed E-state index contributed by atoms with van der Waals surface area (Å²) in [6, 6.07) is 12.6. The van der Waals surface area contributed by atoms with Gasteiger partial charge in [0.1, 0.15) is 23.7 Å². The normalized spacial score (nSPS) is 15.8. The molecule has 0 radical (unpaired) electrons. The first kappa shape index (κ1) is 22.4. The van der Waals surface area contributed by atoms with Crippen LogP contribution in [-0.2, 0) is 11.3 Å². The van der Waals surface area contributed by atoms with E-state index < -0.39 is 17.5 Å². The summed E-state index contributed by atoms with van der Waals surface area (Å²) in [5.41, 5.74) is 14.1. The largest absolute Gasteiger partial charge is 0.380 e. The summed E-state index contributed by atoms with van der Waals surface area (Å²) in [5.74, 6) is -1.56. The van der Waals surface area contributed by atoms with E-state index in [1.807, 2.05) is 24.3 Å². The quantitative estimate of drug-likeness (QED) is 0.433. The highest BCUT2D eigenvalue weighted by molar-refractivity contribution is 5.98. The number of carbonyl (C=O) groups is 1. The van der Waals surface area contributed by atoms with Crippen molar-refractivity contribution in [1.29, 1.82) is 0 Å². The molecule has 3 aromatic rings. The van der Waals surface area contributed by atoms with E-state index in [0.717, 1.165) is 24.0 Å². The molecular weight excluding hydrogens is 430 g/mol. The Kier molecular flexibility index (Phi) is 6.66. The van der Waals surface area contributed by atoms with Gasteiger partial charge in [-0.25, -0.2) is 13.8 Å². The number of primary amides is 1. The molecule has 1 unspecified atom stereocenters. The number of anilines is 4. The van der Waals surface area contributed by atoms with E-state index >= 15 is 0 Å². The van der Waals surface area contributed by atoms with Crippen molar-refractivity contribution in [3.05, 3.63) is 77.5 Å². The number of nitrogens with one attached hydrogen (secondary N) is 2. The highest BCUT2D eigenvalue weighted by atomic mass is 19.1. The molecule has 0 saturated carbocycles. The van der Waals surface area contributed by atoms with E-state index in [0.29, 0.717) is 30.2 Å². The van der Waals surface area contributed by atoms with Gasteiger partial charge in [0, 0.05) is 42.8 Å². The third-order valence-corrected chi connectivity index (χ3v) is 5.17. The number of ether oxygens (including phenoxy) is 1. The smallest absolute Gasteiger partial charge is 0.252 e. The average molecular weight is 454 g/mol. The molecule has 1 atom stereocenters. The monoisotopic (exact) mass is 454 g/mol. The van der Waals surface area contributed by atoms with Crippen molar-refractivity contribution < 1.29 is 18.3 Å². The Morgan fingerprint density at radius 3 is 2.55 bits per heavy atom. The number of nitrogens with two attached hydrogens (primary N) is 2. The van der Waals surface area contributed by atoms with E-state index in [9.17, 15) is 13.6 Å². The molecule has 0 bridgehead atoms. The van der Waals surface area contributed by atoms with Crippen LogP contribution in [0.15, 0.2) is 54.7 Å². The maximum absolute atomic E-state index is 13.5. The van der Waals surface area contributed by atoms with Crippen LogP contribution < -0.4 is 27.0 Å². The number of aromatic nitrogens is 1. The second-order valence-electron chi connectivity index (χ2n) is 7.64. The number of carbonyl (C=O) groups excluding carboxylic acids is 1. The fourth-order valence-electron chi connectivity index (χ4n) is 3.59. The maximum Gasteiger partial charge on any atom is 0.252 e. The summed E-state index contributed by atoms with van der Waals surface area (Å²) >= 11 is 0. The van der Waals surface area contributed by atoms with Crippen LogP contribution in [0.5, 0.6) is 0 Å². The summed E-state index contributed by atoms with van der Waals surface area (Å²) < 4.78 is 32.3. The minimum atomic E-state index is -0.679. The van der Waals surface area contributed by atoms with Gasteiger partial charge in [-0.15, -0.1) is 0 Å². The SMILES string of the molecule is NC(=O)c1cnc(Nc2ccc(N3CCOC(N)C3)cc2)cc1NCc1cc(F)cc(F)c1. The van der Waals surface area contributed by atoms with Crippen molar-refractivity contribution in [1.82, 2.24) is 4.98 Å². The Labute approximate surface area is 189 Å². The van der Waals surface area contributed by atoms with Crippen LogP contribution in [0.25, 0.3) is 0 Å². The molecule has 10 heteroatoms. The Morgan fingerprint density at radius 1 is 1.15 bits per heavy atom. The number of amides is 1. The van der Waals surface area contributed by atoms with E-state index in [2.05, 4.69) is 20.5 Å². The van der Waals surface area contributed by atoms with Crippen LogP contribution in [0.3, 0.4) is 0 Å². The third-order valence-electron chi connectivity index (χ3n) is 5.17. The molecular formula is C23H24F2N6O2. The Morgan fingerprint density at radius 2 is 1.88 bits per heavy atom. The molecule has 172 valence electrons. The van der Waals surface area contributed by atoms with Crippen LogP contribution in [0.1, 0.15) is 15.9 Å². The number of morpholine rings is 1. The van der Waals surface area contributed by atoms with Gasteiger partial charge in [-0.3, -0.25) is 4.79 Å². The Hall–Kier alpha value is -3.76. The van der Waals surface area contributed by atoms with Crippen LogP contribution >= 0.6 is 0 Å². The molecule has 1 aromatic heterocycles. The van der Waals surface area contributed by atoms with Crippen LogP contribution in [0.2, 0.25) is 0 Å². The topological polar surface area (TPSA) is 119 Å². The summed E-state index contributed by atoms with van der Waals surface area (Å²) in [5, 5.41) is 6.18. The minimum absolute atomic E-state index is 0.0921. The van der Waals surface area contributed by atoms with Crippen molar-refractivity contribution >= 4 is 28.8 Å². The van der Waals surface area contributed by atoms with Gasteiger partial charge in [0.05, 0.1) is 24.4 Å². The summed E-state index contributed by atoms with van der Waals surface area (Å²) in [6.45, 7) is 2.05. The van der Waals surface area contributed by atoms with Crippen molar-refractivity contribution in [3.8, 4) is 0 Å². The van der Waals surface area contributed by atoms with Gasteiger partial charge in [-0.2, -0.15) is 0 Å². The zero-order chi connectivity index (χ0) is 23.4. The third kappa shape index (κ3) is 5.73. The number of hydrogen-bond donors (Lipinski definition) is 4. The minimum Gasteiger partial charge on any atom is -0.380 e. The first-order valence-corrected chi connectivity index (χ1v) is 10.4. The van der Waals surface area contributed by atoms with Gasteiger partial charge >= 0.3 is 0 Å². The standard InChI is InChI=1S/C23H24F2N6O2/c24-15-7-14(8-16(25)9-15)11-28-20-10-22(29-12-19(20)23(27)32)30-17-1-3-18(4-2-17)31-5-6-33-21(26)13-31/h1-4,7-10,12,21H,5-6,11,13,26H2,(H2,27,32)(H2,28,29,30). The lowest BCUT2D eigenvalue weighted by molar-refractivity contribution is 0.0451. The number of halogens is 2. The molecule has 1 aliphatic heterocycles. The average Bonchev–Trinajstić information content (AvgIpc) is 2.77. The van der Waals surface area contributed by atoms with Gasteiger partial charge in [0.15, 0.2) is 0 Å². The number of nitrogens with zero attached hydrogens (tertiary/aromatic N) is 2. The lowest BCUT2D eigenvalue weighted by atomic mass is 10.1. The molecule has 4 rings (SSSR count). The lowest BCUT2D eigenvalue weighted by Crippen LogP contribution is -2.46. The van der Waals surface area contributed by atoms with Crippen LogP contribution in [-0.4, -0.2) is 36.8 Å². The number of benzene rings is 2. The number of rotatable bonds is 7. The van der Waals surface area contributed by atoms with Crippen molar-refractivity contribution in [3.63, 3.8) is 0 Å². The summed E-state index contributed by atoms with van der Waals surface area (Å²) in [6.07, 6.45) is 1.04. The van der Waals surface area contributed by atoms with Crippen LogP contribution in [0.4, 0.5) is 31.7 Å². The van der Waals surface area contributed by atoms with Gasteiger partial charge < -0.3 is 31.7 Å². The molecule has 8 nitrogen and oxygen atoms in total. The molecule has 1 saturated heterocycles. The van der Waals surface area contributed by atoms with Crippen molar-refractivity contribution in [2.75, 3.05) is 35.2 Å². The van der Waals surface area contributed by atoms with Crippen LogP contribution in [0, 0.1) is 11.6 Å². The zero-order valence-electron chi connectivity index (χ0n) is 17.7. The molecule has 0 aliphatic carbocycles. The lowest BCUT2D eigenvalue weighted by Gasteiger charge is -2.32. The second-order valence-corrected chi connectivity index (χ2v) is 7.64. The first-order chi connectivity index (χ1) is 15.9. The maximum atomic E-state index is 13.5.